The van der Waals surface area contributed by atoms with E-state index in [0.29, 0.717) is 4.91 Å². The molecule has 0 radical (unpaired) electrons. The summed E-state index contributed by atoms with van der Waals surface area (Å²) >= 11 is 1.47. The van der Waals surface area contributed by atoms with Gasteiger partial charge in [-0.25, -0.2) is 0 Å². The van der Waals surface area contributed by atoms with E-state index in [0.717, 1.165) is 53.8 Å². The van der Waals surface area contributed by atoms with Crippen LogP contribution in [0.3, 0.4) is 0 Å². The molecule has 0 N–H and O–H groups in total. The third kappa shape index (κ3) is 4.38. The van der Waals surface area contributed by atoms with Crippen molar-refractivity contribution in [2.45, 2.75) is 6.92 Å². The summed E-state index contributed by atoms with van der Waals surface area (Å²) in [6.45, 7) is 5.87. The van der Waals surface area contributed by atoms with E-state index in [2.05, 4.69) is 53.0 Å². The highest BCUT2D eigenvalue weighted by atomic mass is 32.2. The Kier molecular flexibility index (Phi) is 5.74. The number of piperazine rings is 1. The molecule has 0 aliphatic carbocycles. The van der Waals surface area contributed by atoms with Gasteiger partial charge in [-0.3, -0.25) is 4.79 Å². The molecule has 2 aromatic carbocycles. The summed E-state index contributed by atoms with van der Waals surface area (Å²) in [6.07, 6.45) is 1.90. The van der Waals surface area contributed by atoms with Gasteiger partial charge in [0.05, 0.1) is 12.0 Å². The zero-order chi connectivity index (χ0) is 20.4. The van der Waals surface area contributed by atoms with E-state index in [-0.39, 0.29) is 5.91 Å². The first-order valence-electron chi connectivity index (χ1n) is 9.74. The minimum Gasteiger partial charge on any atom is -0.496 e. The Balaban J connectivity index is 1.54. The van der Waals surface area contributed by atoms with Crippen LogP contribution in [-0.4, -0.2) is 61.2 Å². The van der Waals surface area contributed by atoms with E-state index in [1.807, 2.05) is 24.3 Å². The van der Waals surface area contributed by atoms with Gasteiger partial charge in [0.15, 0.2) is 5.17 Å². The van der Waals surface area contributed by atoms with E-state index in [4.69, 9.17) is 4.74 Å². The summed E-state index contributed by atoms with van der Waals surface area (Å²) in [6, 6.07) is 14.4. The van der Waals surface area contributed by atoms with Gasteiger partial charge in [0.1, 0.15) is 5.75 Å². The topological polar surface area (TPSA) is 45.1 Å². The lowest BCUT2D eigenvalue weighted by Gasteiger charge is -2.32. The summed E-state index contributed by atoms with van der Waals surface area (Å²) < 4.78 is 5.63. The zero-order valence-corrected chi connectivity index (χ0v) is 17.8. The fraction of sp³-hybridized carbons (Fsp3) is 0.304. The number of rotatable bonds is 3. The molecular formula is C23H25N3O2S. The van der Waals surface area contributed by atoms with Gasteiger partial charge in [0.25, 0.3) is 5.91 Å². The van der Waals surface area contributed by atoms with Crippen LogP contribution in [0.4, 0.5) is 0 Å². The lowest BCUT2D eigenvalue weighted by atomic mass is 10.0. The average molecular weight is 408 g/mol. The normalized spacial score (nSPS) is 19.0. The lowest BCUT2D eigenvalue weighted by molar-refractivity contribution is -0.113. The Morgan fingerprint density at radius 1 is 1.07 bits per heavy atom. The van der Waals surface area contributed by atoms with Crippen molar-refractivity contribution in [1.82, 2.24) is 9.80 Å². The van der Waals surface area contributed by atoms with Crippen LogP contribution in [-0.2, 0) is 4.79 Å². The first-order valence-corrected chi connectivity index (χ1v) is 10.6. The maximum Gasteiger partial charge on any atom is 0.286 e. The predicted molar refractivity (Wildman–Crippen MR) is 120 cm³/mol. The smallest absolute Gasteiger partial charge is 0.286 e. The molecule has 6 heteroatoms. The summed E-state index contributed by atoms with van der Waals surface area (Å²) in [5, 5.41) is 0.817. The van der Waals surface area contributed by atoms with Crippen LogP contribution < -0.4 is 4.74 Å². The second kappa shape index (κ2) is 8.43. The standard InChI is InChI=1S/C23H25N3O2S/c1-16-4-7-18(8-5-16)19-9-6-17(14-20(19)28-3)15-21-22(27)24-23(29-21)26-12-10-25(2)11-13-26/h4-9,14-15H,10-13H2,1-3H3/b21-15+. The molecule has 0 bridgehead atoms. The van der Waals surface area contributed by atoms with Crippen molar-refractivity contribution in [2.24, 2.45) is 4.99 Å². The first kappa shape index (κ1) is 19.7. The summed E-state index contributed by atoms with van der Waals surface area (Å²) in [5.41, 5.74) is 4.30. The Hall–Kier alpha value is -2.57. The van der Waals surface area contributed by atoms with Crippen molar-refractivity contribution >= 4 is 28.9 Å². The number of aliphatic imine (C=N–C) groups is 1. The van der Waals surface area contributed by atoms with Gasteiger partial charge in [-0.2, -0.15) is 4.99 Å². The van der Waals surface area contributed by atoms with E-state index >= 15 is 0 Å². The van der Waals surface area contributed by atoms with Crippen LogP contribution in [0.5, 0.6) is 5.75 Å². The number of hydrogen-bond donors (Lipinski definition) is 0. The molecule has 2 aliphatic heterocycles. The van der Waals surface area contributed by atoms with Gasteiger partial charge in [-0.05, 0) is 49.0 Å². The molecule has 2 aromatic rings. The predicted octanol–water partition coefficient (Wildman–Crippen LogP) is 3.89. The van der Waals surface area contributed by atoms with Gasteiger partial charge >= 0.3 is 0 Å². The molecule has 2 heterocycles. The molecule has 0 aromatic heterocycles. The van der Waals surface area contributed by atoms with Crippen LogP contribution in [0.25, 0.3) is 17.2 Å². The molecule has 0 spiro atoms. The molecule has 150 valence electrons. The number of nitrogens with zero attached hydrogens (tertiary/aromatic N) is 3. The fourth-order valence-electron chi connectivity index (χ4n) is 3.45. The number of carbonyl (C=O) groups excluding carboxylic acids is 1. The maximum atomic E-state index is 12.4. The number of ether oxygens (including phenoxy) is 1. The second-order valence-corrected chi connectivity index (χ2v) is 8.44. The Morgan fingerprint density at radius 2 is 1.79 bits per heavy atom. The summed E-state index contributed by atoms with van der Waals surface area (Å²) in [5.74, 6) is 0.629. The molecule has 1 saturated heterocycles. The number of methoxy groups -OCH3 is 1. The van der Waals surface area contributed by atoms with Gasteiger partial charge < -0.3 is 14.5 Å². The summed E-state index contributed by atoms with van der Waals surface area (Å²) in [7, 11) is 3.79. The Morgan fingerprint density at radius 3 is 2.48 bits per heavy atom. The highest BCUT2D eigenvalue weighted by molar-refractivity contribution is 8.18. The van der Waals surface area contributed by atoms with Crippen molar-refractivity contribution in [1.29, 1.82) is 0 Å². The number of amides is 1. The molecule has 4 rings (SSSR count). The Bertz CT molecular complexity index is 974. The van der Waals surface area contributed by atoms with Gasteiger partial charge in [0, 0.05) is 31.7 Å². The monoisotopic (exact) mass is 407 g/mol. The number of carbonyl (C=O) groups is 1. The van der Waals surface area contributed by atoms with E-state index in [9.17, 15) is 4.79 Å². The minimum atomic E-state index is -0.162. The molecule has 5 nitrogen and oxygen atoms in total. The highest BCUT2D eigenvalue weighted by Crippen LogP contribution is 2.34. The minimum absolute atomic E-state index is 0.162. The molecule has 29 heavy (non-hydrogen) atoms. The van der Waals surface area contributed by atoms with Crippen molar-refractivity contribution in [3.8, 4) is 16.9 Å². The van der Waals surface area contributed by atoms with Crippen molar-refractivity contribution < 1.29 is 9.53 Å². The second-order valence-electron chi connectivity index (χ2n) is 7.43. The molecule has 0 unspecified atom stereocenters. The van der Waals surface area contributed by atoms with E-state index in [1.165, 1.54) is 17.3 Å². The number of thioether (sulfide) groups is 1. The van der Waals surface area contributed by atoms with Crippen LogP contribution in [0.15, 0.2) is 52.4 Å². The van der Waals surface area contributed by atoms with E-state index < -0.39 is 0 Å². The fourth-order valence-corrected chi connectivity index (χ4v) is 4.42. The Labute approximate surface area is 176 Å². The molecule has 2 aliphatic rings. The van der Waals surface area contributed by atoms with Gasteiger partial charge in [-0.1, -0.05) is 42.0 Å². The number of amidine groups is 1. The third-order valence-corrected chi connectivity index (χ3v) is 6.31. The molecule has 1 amide bonds. The van der Waals surface area contributed by atoms with E-state index in [1.54, 1.807) is 7.11 Å². The molecule has 1 fully saturated rings. The molecule has 0 saturated carbocycles. The third-order valence-electron chi connectivity index (χ3n) is 5.27. The largest absolute Gasteiger partial charge is 0.496 e. The van der Waals surface area contributed by atoms with Gasteiger partial charge in [0.2, 0.25) is 0 Å². The SMILES string of the molecule is COc1cc(/C=C2/SC(N3CCN(C)CC3)=NC2=O)ccc1-c1ccc(C)cc1. The maximum absolute atomic E-state index is 12.4. The zero-order valence-electron chi connectivity index (χ0n) is 17.0. The highest BCUT2D eigenvalue weighted by Gasteiger charge is 2.27. The van der Waals surface area contributed by atoms with Crippen molar-refractivity contribution in [3.63, 3.8) is 0 Å². The number of benzene rings is 2. The number of aryl methyl sites for hydroxylation is 1. The first-order chi connectivity index (χ1) is 14.0. The quantitative estimate of drug-likeness (QED) is 0.723. The number of likely N-dealkylation sites (N-methyl/N-ethyl adjacent to an activating group) is 1. The molecule has 0 atom stereocenters. The van der Waals surface area contributed by atoms with Crippen molar-refractivity contribution in [2.75, 3.05) is 40.3 Å². The van der Waals surface area contributed by atoms with Crippen molar-refractivity contribution in [3.05, 3.63) is 58.5 Å². The molecular weight excluding hydrogens is 382 g/mol. The summed E-state index contributed by atoms with van der Waals surface area (Å²) in [4.78, 5) is 21.8. The number of hydrogen-bond acceptors (Lipinski definition) is 5. The van der Waals surface area contributed by atoms with Crippen LogP contribution in [0.1, 0.15) is 11.1 Å². The average Bonchev–Trinajstić information content (AvgIpc) is 3.09. The van der Waals surface area contributed by atoms with Crippen LogP contribution >= 0.6 is 11.8 Å². The van der Waals surface area contributed by atoms with Gasteiger partial charge in [-0.15, -0.1) is 0 Å². The van der Waals surface area contributed by atoms with Crippen LogP contribution in [0.2, 0.25) is 0 Å². The lowest BCUT2D eigenvalue weighted by Crippen LogP contribution is -2.46. The van der Waals surface area contributed by atoms with Crippen LogP contribution in [0, 0.1) is 6.92 Å².